The Kier molecular flexibility index (Phi) is 4.52. The Morgan fingerprint density at radius 2 is 1.50 bits per heavy atom. The lowest BCUT2D eigenvalue weighted by atomic mass is 10.1. The molecule has 24 heavy (non-hydrogen) atoms. The Bertz CT molecular complexity index is 825. The summed E-state index contributed by atoms with van der Waals surface area (Å²) < 4.78 is 0. The van der Waals surface area contributed by atoms with Gasteiger partial charge in [0.2, 0.25) is 5.95 Å². The van der Waals surface area contributed by atoms with Crippen LogP contribution >= 0.6 is 0 Å². The molecule has 0 saturated carbocycles. The fourth-order valence-electron chi connectivity index (χ4n) is 2.36. The summed E-state index contributed by atoms with van der Waals surface area (Å²) >= 11 is 0. The summed E-state index contributed by atoms with van der Waals surface area (Å²) in [5, 5.41) is 6.01. The molecular weight excluding hydrogens is 300 g/mol. The van der Waals surface area contributed by atoms with E-state index in [4.69, 9.17) is 0 Å². The lowest BCUT2D eigenvalue weighted by molar-refractivity contribution is 0.102. The van der Waals surface area contributed by atoms with Gasteiger partial charge in [0.15, 0.2) is 0 Å². The molecule has 120 valence electrons. The van der Waals surface area contributed by atoms with Crippen molar-refractivity contribution in [3.8, 4) is 0 Å². The van der Waals surface area contributed by atoms with Crippen LogP contribution in [-0.2, 0) is 0 Å². The van der Waals surface area contributed by atoms with Gasteiger partial charge in [-0.1, -0.05) is 36.4 Å². The summed E-state index contributed by atoms with van der Waals surface area (Å²) in [5.74, 6) is 0.225. The maximum Gasteiger partial charge on any atom is 0.258 e. The quantitative estimate of drug-likeness (QED) is 0.760. The van der Waals surface area contributed by atoms with E-state index >= 15 is 0 Å². The highest BCUT2D eigenvalue weighted by Gasteiger charge is 2.10. The average molecular weight is 318 g/mol. The van der Waals surface area contributed by atoms with Crippen LogP contribution in [0, 0.1) is 13.8 Å². The lowest BCUT2D eigenvalue weighted by Crippen LogP contribution is -2.14. The van der Waals surface area contributed by atoms with Crippen molar-refractivity contribution in [3.05, 3.63) is 77.6 Å². The first-order valence-corrected chi connectivity index (χ1v) is 7.65. The fraction of sp³-hybridized carbons (Fsp3) is 0.105. The molecule has 2 aromatic carbocycles. The van der Waals surface area contributed by atoms with E-state index in [2.05, 4.69) is 20.6 Å². The smallest absolute Gasteiger partial charge is 0.258 e. The minimum absolute atomic E-state index is 0.223. The van der Waals surface area contributed by atoms with Gasteiger partial charge in [-0.25, -0.2) is 9.97 Å². The van der Waals surface area contributed by atoms with E-state index in [1.807, 2.05) is 62.4 Å². The molecule has 2 N–H and O–H groups in total. The zero-order chi connectivity index (χ0) is 16.9. The Morgan fingerprint density at radius 3 is 2.12 bits per heavy atom. The van der Waals surface area contributed by atoms with Crippen LogP contribution < -0.4 is 10.6 Å². The monoisotopic (exact) mass is 318 g/mol. The molecule has 5 nitrogen and oxygen atoms in total. The molecule has 1 aromatic heterocycles. The predicted molar refractivity (Wildman–Crippen MR) is 95.6 cm³/mol. The van der Waals surface area contributed by atoms with Crippen LogP contribution in [0.4, 0.5) is 17.3 Å². The second-order valence-corrected chi connectivity index (χ2v) is 5.51. The molecule has 0 atom stereocenters. The number of aryl methyl sites for hydroxylation is 2. The van der Waals surface area contributed by atoms with Crippen molar-refractivity contribution in [3.63, 3.8) is 0 Å². The molecule has 3 aromatic rings. The molecule has 1 amide bonds. The Labute approximate surface area is 140 Å². The molecule has 0 fully saturated rings. The summed E-state index contributed by atoms with van der Waals surface area (Å²) in [7, 11) is 0. The van der Waals surface area contributed by atoms with Crippen molar-refractivity contribution in [1.29, 1.82) is 0 Å². The largest absolute Gasteiger partial charge is 0.324 e. The van der Waals surface area contributed by atoms with E-state index in [-0.39, 0.29) is 5.91 Å². The van der Waals surface area contributed by atoms with Gasteiger partial charge in [-0.15, -0.1) is 0 Å². The van der Waals surface area contributed by atoms with E-state index in [0.29, 0.717) is 11.5 Å². The summed E-state index contributed by atoms with van der Waals surface area (Å²) in [4.78, 5) is 20.8. The minimum atomic E-state index is -0.223. The number of benzene rings is 2. The molecule has 0 radical (unpaired) electrons. The topological polar surface area (TPSA) is 66.9 Å². The molecule has 0 aliphatic heterocycles. The first-order valence-electron chi connectivity index (χ1n) is 7.65. The maximum absolute atomic E-state index is 12.4. The highest BCUT2D eigenvalue weighted by Crippen LogP contribution is 2.20. The summed E-state index contributed by atoms with van der Waals surface area (Å²) in [6.07, 6.45) is 3.03. The number of nitrogens with one attached hydrogen (secondary N) is 2. The number of anilines is 3. The van der Waals surface area contributed by atoms with Crippen molar-refractivity contribution in [1.82, 2.24) is 9.97 Å². The van der Waals surface area contributed by atoms with Gasteiger partial charge < -0.3 is 10.6 Å². The number of nitrogens with zero attached hydrogens (tertiary/aromatic N) is 2. The van der Waals surface area contributed by atoms with Gasteiger partial charge in [0.05, 0.1) is 5.56 Å². The number of para-hydroxylation sites is 2. The zero-order valence-electron chi connectivity index (χ0n) is 13.6. The van der Waals surface area contributed by atoms with Crippen LogP contribution in [-0.4, -0.2) is 15.9 Å². The summed E-state index contributed by atoms with van der Waals surface area (Å²) in [5.41, 5.74) is 4.17. The molecule has 1 heterocycles. The first-order chi connectivity index (χ1) is 11.6. The van der Waals surface area contributed by atoms with Crippen LogP contribution in [0.15, 0.2) is 60.9 Å². The highest BCUT2D eigenvalue weighted by atomic mass is 16.1. The van der Waals surface area contributed by atoms with E-state index in [0.717, 1.165) is 22.5 Å². The van der Waals surface area contributed by atoms with E-state index < -0.39 is 0 Å². The SMILES string of the molecule is Cc1cccc(C)c1NC(=O)c1cnc(Nc2ccccc2)nc1. The normalized spacial score (nSPS) is 10.2. The third-order valence-electron chi connectivity index (χ3n) is 3.66. The zero-order valence-corrected chi connectivity index (χ0v) is 13.6. The number of hydrogen-bond acceptors (Lipinski definition) is 4. The van der Waals surface area contributed by atoms with E-state index in [1.165, 1.54) is 12.4 Å². The molecule has 0 aliphatic rings. The van der Waals surface area contributed by atoms with Crippen molar-refractivity contribution >= 4 is 23.2 Å². The van der Waals surface area contributed by atoms with Crippen molar-refractivity contribution in [2.45, 2.75) is 13.8 Å². The van der Waals surface area contributed by atoms with Gasteiger partial charge >= 0.3 is 0 Å². The number of aromatic nitrogens is 2. The minimum Gasteiger partial charge on any atom is -0.324 e. The second-order valence-electron chi connectivity index (χ2n) is 5.51. The van der Waals surface area contributed by atoms with Gasteiger partial charge in [-0.05, 0) is 37.1 Å². The molecule has 3 rings (SSSR count). The number of amides is 1. The third-order valence-corrected chi connectivity index (χ3v) is 3.66. The van der Waals surface area contributed by atoms with Gasteiger partial charge in [0.25, 0.3) is 5.91 Å². The van der Waals surface area contributed by atoms with Gasteiger partial charge in [-0.2, -0.15) is 0 Å². The van der Waals surface area contributed by atoms with Crippen molar-refractivity contribution < 1.29 is 4.79 Å². The highest BCUT2D eigenvalue weighted by molar-refractivity contribution is 6.04. The van der Waals surface area contributed by atoms with E-state index in [1.54, 1.807) is 0 Å². The first kappa shape index (κ1) is 15.7. The van der Waals surface area contributed by atoms with Gasteiger partial charge in [0, 0.05) is 23.8 Å². The summed E-state index contributed by atoms with van der Waals surface area (Å²) in [6, 6.07) is 15.5. The Hall–Kier alpha value is -3.21. The molecular formula is C19H18N4O. The number of hydrogen-bond donors (Lipinski definition) is 2. The lowest BCUT2D eigenvalue weighted by Gasteiger charge is -2.11. The number of carbonyl (C=O) groups excluding carboxylic acids is 1. The van der Waals surface area contributed by atoms with Crippen molar-refractivity contribution in [2.24, 2.45) is 0 Å². The molecule has 0 unspecified atom stereocenters. The third kappa shape index (κ3) is 3.57. The van der Waals surface area contributed by atoms with Gasteiger partial charge in [0.1, 0.15) is 0 Å². The summed E-state index contributed by atoms with van der Waals surface area (Å²) in [6.45, 7) is 3.93. The predicted octanol–water partition coefficient (Wildman–Crippen LogP) is 4.09. The molecule has 0 bridgehead atoms. The van der Waals surface area contributed by atoms with Crippen molar-refractivity contribution in [2.75, 3.05) is 10.6 Å². The van der Waals surface area contributed by atoms with Crippen LogP contribution in [0.2, 0.25) is 0 Å². The Morgan fingerprint density at radius 1 is 0.875 bits per heavy atom. The maximum atomic E-state index is 12.4. The van der Waals surface area contributed by atoms with Crippen LogP contribution in [0.1, 0.15) is 21.5 Å². The van der Waals surface area contributed by atoms with E-state index in [9.17, 15) is 4.79 Å². The average Bonchev–Trinajstić information content (AvgIpc) is 2.60. The Balaban J connectivity index is 1.72. The molecule has 0 aliphatic carbocycles. The molecule has 0 saturated heterocycles. The fourth-order valence-corrected chi connectivity index (χ4v) is 2.36. The van der Waals surface area contributed by atoms with Crippen LogP contribution in [0.25, 0.3) is 0 Å². The van der Waals surface area contributed by atoms with Crippen LogP contribution in [0.3, 0.4) is 0 Å². The molecule has 0 spiro atoms. The number of rotatable bonds is 4. The standard InChI is InChI=1S/C19H18N4O/c1-13-7-6-8-14(2)17(13)23-18(24)15-11-20-19(21-12-15)22-16-9-4-3-5-10-16/h3-12H,1-2H3,(H,23,24)(H,20,21,22). The van der Waals surface area contributed by atoms with Gasteiger partial charge in [-0.3, -0.25) is 4.79 Å². The molecule has 5 heteroatoms. The van der Waals surface area contributed by atoms with Crippen LogP contribution in [0.5, 0.6) is 0 Å². The number of carbonyl (C=O) groups is 1. The second kappa shape index (κ2) is 6.91.